The molecule has 0 saturated heterocycles. The van der Waals surface area contributed by atoms with Crippen LogP contribution in [0, 0.1) is 0 Å². The van der Waals surface area contributed by atoms with Crippen LogP contribution in [0.1, 0.15) is 22.0 Å². The molecular weight excluding hydrogens is 338 g/mol. The van der Waals surface area contributed by atoms with Crippen molar-refractivity contribution in [3.63, 3.8) is 0 Å². The third kappa shape index (κ3) is 4.79. The molecule has 0 fully saturated rings. The molecule has 23 heavy (non-hydrogen) atoms. The first kappa shape index (κ1) is 17.5. The second-order valence-electron chi connectivity index (χ2n) is 5.08. The molecule has 0 aliphatic carbocycles. The van der Waals surface area contributed by atoms with Gasteiger partial charge in [0.1, 0.15) is 0 Å². The van der Waals surface area contributed by atoms with Crippen LogP contribution in [-0.4, -0.2) is 32.2 Å². The van der Waals surface area contributed by atoms with Crippen molar-refractivity contribution in [1.29, 1.82) is 0 Å². The molecule has 0 aromatic heterocycles. The fourth-order valence-corrected chi connectivity index (χ4v) is 2.81. The first-order valence-electron chi connectivity index (χ1n) is 6.79. The first-order valence-corrected chi connectivity index (χ1v) is 9.06. The van der Waals surface area contributed by atoms with Gasteiger partial charge in [-0.25, -0.2) is 8.42 Å². The Morgan fingerprint density at radius 3 is 2.43 bits per heavy atom. The van der Waals surface area contributed by atoms with E-state index in [1.165, 1.54) is 24.3 Å². The zero-order valence-electron chi connectivity index (χ0n) is 12.4. The molecule has 1 atom stereocenters. The van der Waals surface area contributed by atoms with E-state index in [0.717, 1.165) is 6.26 Å². The molecule has 2 N–H and O–H groups in total. The van der Waals surface area contributed by atoms with Crippen LogP contribution in [0.15, 0.2) is 53.4 Å². The van der Waals surface area contributed by atoms with Crippen molar-refractivity contribution in [2.45, 2.75) is 11.0 Å². The van der Waals surface area contributed by atoms with Gasteiger partial charge in [-0.3, -0.25) is 4.79 Å². The monoisotopic (exact) mass is 353 g/mol. The highest BCUT2D eigenvalue weighted by atomic mass is 35.5. The molecule has 0 heterocycles. The van der Waals surface area contributed by atoms with Gasteiger partial charge in [-0.1, -0.05) is 23.7 Å². The summed E-state index contributed by atoms with van der Waals surface area (Å²) in [5.74, 6) is -0.397. The summed E-state index contributed by atoms with van der Waals surface area (Å²) in [5.41, 5.74) is 0.918. The molecule has 0 bridgehead atoms. The van der Waals surface area contributed by atoms with E-state index in [1.807, 2.05) is 0 Å². The Labute approximate surface area is 139 Å². The number of hydrogen-bond donors (Lipinski definition) is 2. The molecule has 0 unspecified atom stereocenters. The number of carbonyl (C=O) groups is 1. The largest absolute Gasteiger partial charge is 0.387 e. The summed E-state index contributed by atoms with van der Waals surface area (Å²) in [4.78, 5) is 12.2. The van der Waals surface area contributed by atoms with Crippen LogP contribution in [0.5, 0.6) is 0 Å². The molecule has 0 saturated carbocycles. The summed E-state index contributed by atoms with van der Waals surface area (Å²) in [6.45, 7) is 0.0208. The Balaban J connectivity index is 1.99. The molecule has 7 heteroatoms. The lowest BCUT2D eigenvalue weighted by atomic mass is 10.1. The van der Waals surface area contributed by atoms with E-state index >= 15 is 0 Å². The van der Waals surface area contributed by atoms with Gasteiger partial charge < -0.3 is 10.4 Å². The lowest BCUT2D eigenvalue weighted by Gasteiger charge is -2.12. The van der Waals surface area contributed by atoms with Crippen LogP contribution in [0.4, 0.5) is 0 Å². The number of amides is 1. The molecule has 0 radical (unpaired) electrons. The quantitative estimate of drug-likeness (QED) is 0.863. The van der Waals surface area contributed by atoms with Crippen molar-refractivity contribution in [3.8, 4) is 0 Å². The Hall–Kier alpha value is -1.89. The smallest absolute Gasteiger partial charge is 0.251 e. The molecule has 122 valence electrons. The van der Waals surface area contributed by atoms with Crippen LogP contribution < -0.4 is 5.32 Å². The van der Waals surface area contributed by atoms with Crippen LogP contribution in [0.25, 0.3) is 0 Å². The molecule has 2 aromatic rings. The Bertz CT molecular complexity index is 803. The molecule has 0 spiro atoms. The van der Waals surface area contributed by atoms with E-state index in [2.05, 4.69) is 5.32 Å². The summed E-state index contributed by atoms with van der Waals surface area (Å²) < 4.78 is 22.7. The third-order valence-electron chi connectivity index (χ3n) is 3.23. The molecule has 5 nitrogen and oxygen atoms in total. The van der Waals surface area contributed by atoms with E-state index in [-0.39, 0.29) is 11.4 Å². The van der Waals surface area contributed by atoms with Crippen molar-refractivity contribution in [2.24, 2.45) is 0 Å². The maximum Gasteiger partial charge on any atom is 0.251 e. The summed E-state index contributed by atoms with van der Waals surface area (Å²) in [6, 6.07) is 12.3. The van der Waals surface area contributed by atoms with E-state index in [1.54, 1.807) is 24.3 Å². The average molecular weight is 354 g/mol. The first-order chi connectivity index (χ1) is 10.8. The number of halogens is 1. The lowest BCUT2D eigenvalue weighted by Crippen LogP contribution is -2.28. The molecule has 0 aliphatic heterocycles. The normalized spacial score (nSPS) is 12.7. The molecule has 0 aliphatic rings. The van der Waals surface area contributed by atoms with Gasteiger partial charge in [0.05, 0.1) is 11.0 Å². The number of nitrogens with one attached hydrogen (secondary N) is 1. The van der Waals surface area contributed by atoms with Gasteiger partial charge in [0, 0.05) is 23.4 Å². The highest BCUT2D eigenvalue weighted by Crippen LogP contribution is 2.17. The standard InChI is InChI=1S/C16H16ClNO4S/c1-23(21,22)14-7-5-11(6-8-14)16(20)18-10-15(19)12-3-2-4-13(17)9-12/h2-9,15,19H,10H2,1H3,(H,18,20)/t15-/m1/s1. The summed E-state index contributed by atoms with van der Waals surface area (Å²) >= 11 is 5.85. The SMILES string of the molecule is CS(=O)(=O)c1ccc(C(=O)NC[C@@H](O)c2cccc(Cl)c2)cc1. The Morgan fingerprint density at radius 1 is 1.22 bits per heavy atom. The van der Waals surface area contributed by atoms with Crippen LogP contribution in [0.2, 0.25) is 5.02 Å². The number of carbonyl (C=O) groups excluding carboxylic acids is 1. The average Bonchev–Trinajstić information content (AvgIpc) is 2.51. The van der Waals surface area contributed by atoms with Crippen molar-refractivity contribution in [1.82, 2.24) is 5.32 Å². The van der Waals surface area contributed by atoms with E-state index in [4.69, 9.17) is 11.6 Å². The van der Waals surface area contributed by atoms with Crippen LogP contribution in [0.3, 0.4) is 0 Å². The number of benzene rings is 2. The van der Waals surface area contributed by atoms with Crippen molar-refractivity contribution in [2.75, 3.05) is 12.8 Å². The summed E-state index contributed by atoms with van der Waals surface area (Å²) in [6.07, 6.45) is 0.219. The lowest BCUT2D eigenvalue weighted by molar-refractivity contribution is 0.0916. The van der Waals surface area contributed by atoms with Gasteiger partial charge in [-0.15, -0.1) is 0 Å². The Morgan fingerprint density at radius 2 is 1.87 bits per heavy atom. The van der Waals surface area contributed by atoms with Crippen LogP contribution >= 0.6 is 11.6 Å². The van der Waals surface area contributed by atoms with Gasteiger partial charge in [0.2, 0.25) is 0 Å². The minimum Gasteiger partial charge on any atom is -0.387 e. The maximum absolute atomic E-state index is 12.0. The summed E-state index contributed by atoms with van der Waals surface area (Å²) in [7, 11) is -3.30. The second-order valence-corrected chi connectivity index (χ2v) is 7.53. The zero-order chi connectivity index (χ0) is 17.0. The predicted octanol–water partition coefficient (Wildman–Crippen LogP) is 2.21. The molecule has 2 rings (SSSR count). The maximum atomic E-state index is 12.0. The van der Waals surface area contributed by atoms with E-state index in [9.17, 15) is 18.3 Å². The predicted molar refractivity (Wildman–Crippen MR) is 88.3 cm³/mol. The fourth-order valence-electron chi connectivity index (χ4n) is 1.98. The molecule has 1 amide bonds. The fraction of sp³-hybridized carbons (Fsp3) is 0.188. The highest BCUT2D eigenvalue weighted by Gasteiger charge is 2.12. The van der Waals surface area contributed by atoms with Gasteiger partial charge in [0.15, 0.2) is 9.84 Å². The van der Waals surface area contributed by atoms with Gasteiger partial charge in [0.25, 0.3) is 5.91 Å². The van der Waals surface area contributed by atoms with Crippen molar-refractivity contribution >= 4 is 27.3 Å². The van der Waals surface area contributed by atoms with E-state index < -0.39 is 21.8 Å². The van der Waals surface area contributed by atoms with E-state index in [0.29, 0.717) is 16.1 Å². The molecule has 2 aromatic carbocycles. The number of aliphatic hydroxyl groups is 1. The zero-order valence-corrected chi connectivity index (χ0v) is 13.9. The van der Waals surface area contributed by atoms with Gasteiger partial charge >= 0.3 is 0 Å². The number of sulfone groups is 1. The number of aliphatic hydroxyl groups excluding tert-OH is 1. The van der Waals surface area contributed by atoms with Crippen LogP contribution in [-0.2, 0) is 9.84 Å². The van der Waals surface area contributed by atoms with Crippen molar-refractivity contribution < 1.29 is 18.3 Å². The second kappa shape index (κ2) is 7.12. The number of hydrogen-bond acceptors (Lipinski definition) is 4. The third-order valence-corrected chi connectivity index (χ3v) is 4.60. The van der Waals surface area contributed by atoms with Crippen molar-refractivity contribution in [3.05, 3.63) is 64.7 Å². The Kier molecular flexibility index (Phi) is 5.41. The highest BCUT2D eigenvalue weighted by molar-refractivity contribution is 7.90. The minimum atomic E-state index is -3.30. The summed E-state index contributed by atoms with van der Waals surface area (Å²) in [5, 5.41) is 13.1. The molecular formula is C16H16ClNO4S. The van der Waals surface area contributed by atoms with Gasteiger partial charge in [-0.2, -0.15) is 0 Å². The minimum absolute atomic E-state index is 0.0208. The number of rotatable bonds is 5. The van der Waals surface area contributed by atoms with Gasteiger partial charge in [-0.05, 0) is 42.0 Å². The topological polar surface area (TPSA) is 83.5 Å².